The van der Waals surface area contributed by atoms with Crippen molar-refractivity contribution in [2.75, 3.05) is 6.61 Å². The summed E-state index contributed by atoms with van der Waals surface area (Å²) in [4.78, 5) is 11.9. The van der Waals surface area contributed by atoms with Crippen molar-refractivity contribution in [3.8, 4) is 11.8 Å². The molecule has 2 aromatic rings. The first-order valence-electron chi connectivity index (χ1n) is 8.19. The number of hydrogen-bond acceptors (Lipinski definition) is 4. The molecule has 0 aromatic heterocycles. The minimum absolute atomic E-state index is 0.310. The van der Waals surface area contributed by atoms with Crippen molar-refractivity contribution >= 4 is 40.2 Å². The van der Waals surface area contributed by atoms with E-state index in [1.54, 1.807) is 32.9 Å². The Bertz CT molecular complexity index is 831. The van der Waals surface area contributed by atoms with E-state index in [1.807, 2.05) is 42.5 Å². The molecule has 0 saturated carbocycles. The van der Waals surface area contributed by atoms with Gasteiger partial charge >= 0.3 is 5.97 Å². The molecule has 0 aliphatic rings. The molecule has 0 aliphatic carbocycles. The fourth-order valence-corrected chi connectivity index (χ4v) is 2.61. The molecule has 0 radical (unpaired) electrons. The van der Waals surface area contributed by atoms with Crippen molar-refractivity contribution in [1.29, 1.82) is 5.26 Å². The van der Waals surface area contributed by atoms with Crippen LogP contribution in [0, 0.1) is 14.9 Å². The summed E-state index contributed by atoms with van der Waals surface area (Å²) in [6.45, 7) is 5.41. The molecule has 0 saturated heterocycles. The quantitative estimate of drug-likeness (QED) is 0.261. The molecule has 0 atom stereocenters. The van der Waals surface area contributed by atoms with E-state index in [-0.39, 0.29) is 0 Å². The largest absolute Gasteiger partial charge is 0.476 e. The van der Waals surface area contributed by atoms with Gasteiger partial charge in [-0.25, -0.2) is 4.79 Å². The summed E-state index contributed by atoms with van der Waals surface area (Å²) in [7, 11) is 0. The molecule has 0 heterocycles. The van der Waals surface area contributed by atoms with Gasteiger partial charge in [-0.2, -0.15) is 5.26 Å². The number of nitriles is 1. The van der Waals surface area contributed by atoms with Gasteiger partial charge in [-0.15, -0.1) is 0 Å². The number of carbonyl (C=O) groups excluding carboxylic acids is 1. The van der Waals surface area contributed by atoms with Crippen LogP contribution in [-0.4, -0.2) is 18.2 Å². The Hall–Kier alpha value is -2.33. The summed E-state index contributed by atoms with van der Waals surface area (Å²) in [5.74, 6) is 0.155. The second-order valence-corrected chi connectivity index (χ2v) is 7.32. The molecule has 0 fully saturated rings. The Labute approximate surface area is 167 Å². The average molecular weight is 461 g/mol. The van der Waals surface area contributed by atoms with E-state index < -0.39 is 11.6 Å². The lowest BCUT2D eigenvalue weighted by Crippen LogP contribution is -2.39. The van der Waals surface area contributed by atoms with Gasteiger partial charge < -0.3 is 9.47 Å². The molecule has 0 aliphatic heterocycles. The number of benzene rings is 2. The summed E-state index contributed by atoms with van der Waals surface area (Å²) >= 11 is 2.23. The summed E-state index contributed by atoms with van der Waals surface area (Å²) in [5.41, 5.74) is 1.27. The molecular formula is C21H20INO3. The van der Waals surface area contributed by atoms with Gasteiger partial charge in [0, 0.05) is 3.57 Å². The number of carbonyl (C=O) groups is 1. The SMILES string of the molecule is CCOC(=O)C(C)(C)Oc1ccc(C=C(C#N)c2ccc(I)cc2)cc1. The van der Waals surface area contributed by atoms with Crippen molar-refractivity contribution in [1.82, 2.24) is 0 Å². The lowest BCUT2D eigenvalue weighted by atomic mass is 10.0. The Kier molecular flexibility index (Phi) is 6.81. The smallest absolute Gasteiger partial charge is 0.349 e. The van der Waals surface area contributed by atoms with Crippen molar-refractivity contribution in [3.05, 3.63) is 63.2 Å². The first-order chi connectivity index (χ1) is 12.4. The van der Waals surface area contributed by atoms with Gasteiger partial charge in [0.05, 0.1) is 18.2 Å². The minimum atomic E-state index is -1.06. The predicted molar refractivity (Wildman–Crippen MR) is 110 cm³/mol. The highest BCUT2D eigenvalue weighted by atomic mass is 127. The van der Waals surface area contributed by atoms with E-state index in [1.165, 1.54) is 0 Å². The molecule has 5 heteroatoms. The minimum Gasteiger partial charge on any atom is -0.476 e. The third-order valence-corrected chi connectivity index (χ3v) is 4.33. The lowest BCUT2D eigenvalue weighted by molar-refractivity contribution is -0.158. The van der Waals surface area contributed by atoms with Gasteiger partial charge in [-0.1, -0.05) is 24.3 Å². The number of allylic oxidation sites excluding steroid dienone is 1. The highest BCUT2D eigenvalue weighted by molar-refractivity contribution is 14.1. The zero-order chi connectivity index (χ0) is 19.2. The Morgan fingerprint density at radius 2 is 1.77 bits per heavy atom. The van der Waals surface area contributed by atoms with Crippen LogP contribution in [0.5, 0.6) is 5.75 Å². The number of halogens is 1. The summed E-state index contributed by atoms with van der Waals surface area (Å²) in [5, 5.41) is 9.43. The van der Waals surface area contributed by atoms with Crippen LogP contribution < -0.4 is 4.74 Å². The van der Waals surface area contributed by atoms with Crippen LogP contribution in [0.4, 0.5) is 0 Å². The summed E-state index contributed by atoms with van der Waals surface area (Å²) in [6, 6.07) is 17.3. The maximum absolute atomic E-state index is 11.9. The second kappa shape index (κ2) is 8.86. The Balaban J connectivity index is 2.17. The van der Waals surface area contributed by atoms with Gasteiger partial charge in [0.15, 0.2) is 5.60 Å². The number of hydrogen-bond donors (Lipinski definition) is 0. The van der Waals surface area contributed by atoms with Crippen LogP contribution in [0.25, 0.3) is 11.6 Å². The van der Waals surface area contributed by atoms with E-state index in [9.17, 15) is 10.1 Å². The van der Waals surface area contributed by atoms with Gasteiger partial charge in [0.1, 0.15) is 5.75 Å². The molecule has 2 rings (SSSR count). The zero-order valence-electron chi connectivity index (χ0n) is 15.0. The molecule has 0 unspecified atom stereocenters. The maximum Gasteiger partial charge on any atom is 0.349 e. The average Bonchev–Trinajstić information content (AvgIpc) is 2.62. The van der Waals surface area contributed by atoms with Crippen molar-refractivity contribution in [2.45, 2.75) is 26.4 Å². The first kappa shape index (κ1) is 20.0. The van der Waals surface area contributed by atoms with Crippen LogP contribution in [-0.2, 0) is 9.53 Å². The fraction of sp³-hybridized carbons (Fsp3) is 0.238. The maximum atomic E-state index is 11.9. The van der Waals surface area contributed by atoms with Crippen molar-refractivity contribution in [2.24, 2.45) is 0 Å². The van der Waals surface area contributed by atoms with Crippen LogP contribution in [0.3, 0.4) is 0 Å². The molecule has 2 aromatic carbocycles. The molecular weight excluding hydrogens is 441 g/mol. The van der Waals surface area contributed by atoms with Gasteiger partial charge in [0.2, 0.25) is 0 Å². The number of nitrogens with zero attached hydrogens (tertiary/aromatic N) is 1. The summed E-state index contributed by atoms with van der Waals surface area (Å²) in [6.07, 6.45) is 1.82. The van der Waals surface area contributed by atoms with Crippen molar-refractivity contribution in [3.63, 3.8) is 0 Å². The van der Waals surface area contributed by atoms with Gasteiger partial charge in [-0.05, 0) is 84.8 Å². The molecule has 0 bridgehead atoms. The molecule has 0 N–H and O–H groups in total. The highest BCUT2D eigenvalue weighted by Gasteiger charge is 2.31. The first-order valence-corrected chi connectivity index (χ1v) is 9.27. The monoisotopic (exact) mass is 461 g/mol. The normalized spacial score (nSPS) is 11.6. The molecule has 0 amide bonds. The molecule has 4 nitrogen and oxygen atoms in total. The van der Waals surface area contributed by atoms with Crippen molar-refractivity contribution < 1.29 is 14.3 Å². The third-order valence-electron chi connectivity index (χ3n) is 3.61. The van der Waals surface area contributed by atoms with E-state index in [2.05, 4.69) is 28.7 Å². The van der Waals surface area contributed by atoms with E-state index in [4.69, 9.17) is 9.47 Å². The molecule has 0 spiro atoms. The zero-order valence-corrected chi connectivity index (χ0v) is 17.1. The summed E-state index contributed by atoms with van der Waals surface area (Å²) < 4.78 is 11.9. The lowest BCUT2D eigenvalue weighted by Gasteiger charge is -2.24. The standard InChI is InChI=1S/C21H20INO3/c1-4-25-20(24)21(2,3)26-19-11-5-15(6-12-19)13-17(14-23)16-7-9-18(22)10-8-16/h5-13H,4H2,1-3H3. The Morgan fingerprint density at radius 3 is 2.31 bits per heavy atom. The molecule has 26 heavy (non-hydrogen) atoms. The van der Waals surface area contributed by atoms with Gasteiger partial charge in [0.25, 0.3) is 0 Å². The van der Waals surface area contributed by atoms with Crippen LogP contribution in [0.2, 0.25) is 0 Å². The Morgan fingerprint density at radius 1 is 1.15 bits per heavy atom. The van der Waals surface area contributed by atoms with Crippen LogP contribution >= 0.6 is 22.6 Å². The van der Waals surface area contributed by atoms with E-state index in [0.717, 1.165) is 14.7 Å². The predicted octanol–water partition coefficient (Wildman–Crippen LogP) is 5.08. The van der Waals surface area contributed by atoms with Gasteiger partial charge in [-0.3, -0.25) is 0 Å². The fourth-order valence-electron chi connectivity index (χ4n) is 2.25. The number of rotatable bonds is 6. The number of ether oxygens (including phenoxy) is 2. The number of esters is 1. The third kappa shape index (κ3) is 5.33. The van der Waals surface area contributed by atoms with Crippen LogP contribution in [0.15, 0.2) is 48.5 Å². The molecule has 134 valence electrons. The topological polar surface area (TPSA) is 59.3 Å². The van der Waals surface area contributed by atoms with Crippen LogP contribution in [0.1, 0.15) is 31.9 Å². The highest BCUT2D eigenvalue weighted by Crippen LogP contribution is 2.23. The van der Waals surface area contributed by atoms with E-state index >= 15 is 0 Å². The second-order valence-electron chi connectivity index (χ2n) is 6.08. The van der Waals surface area contributed by atoms with E-state index in [0.29, 0.717) is 17.9 Å².